The molecule has 8 heteroatoms. The number of nitrogens with one attached hydrogen (secondary N) is 1. The fourth-order valence-electron chi connectivity index (χ4n) is 2.27. The van der Waals surface area contributed by atoms with Crippen LogP contribution in [-0.4, -0.2) is 35.6 Å². The molecule has 1 aromatic heterocycles. The van der Waals surface area contributed by atoms with E-state index in [-0.39, 0.29) is 16.3 Å². The summed E-state index contributed by atoms with van der Waals surface area (Å²) in [5.74, 6) is -0.533. The lowest BCUT2D eigenvalue weighted by Crippen LogP contribution is -2.15. The Morgan fingerprint density at radius 1 is 1.08 bits per heavy atom. The van der Waals surface area contributed by atoms with Gasteiger partial charge in [-0.25, -0.2) is 13.1 Å². The van der Waals surface area contributed by atoms with Crippen LogP contribution >= 0.6 is 0 Å². The third-order valence-corrected chi connectivity index (χ3v) is 4.71. The summed E-state index contributed by atoms with van der Waals surface area (Å²) >= 11 is 0. The molecule has 3 aromatic rings. The first-order valence-corrected chi connectivity index (χ1v) is 9.33. The van der Waals surface area contributed by atoms with Crippen LogP contribution in [0.3, 0.4) is 0 Å². The third kappa shape index (κ3) is 3.74. The summed E-state index contributed by atoms with van der Waals surface area (Å²) in [5.41, 5.74) is 2.18. The molecule has 0 bridgehead atoms. The highest BCUT2D eigenvalue weighted by Crippen LogP contribution is 2.21. The van der Waals surface area contributed by atoms with Crippen molar-refractivity contribution in [3.63, 3.8) is 0 Å². The largest absolute Gasteiger partial charge is 0.319 e. The molecule has 0 aliphatic rings. The van der Waals surface area contributed by atoms with Crippen LogP contribution < -0.4 is 5.32 Å². The van der Waals surface area contributed by atoms with E-state index in [1.807, 2.05) is 31.2 Å². The molecule has 0 aliphatic heterocycles. The maximum Gasteiger partial charge on any atom is 0.277 e. The zero-order chi connectivity index (χ0) is 18.0. The van der Waals surface area contributed by atoms with E-state index in [2.05, 4.69) is 15.6 Å². The van der Waals surface area contributed by atoms with Crippen molar-refractivity contribution < 1.29 is 13.2 Å². The number of nitrogens with zero attached hydrogens (tertiary/aromatic N) is 3. The second-order valence-corrected chi connectivity index (χ2v) is 7.59. The molecule has 128 valence electrons. The highest BCUT2D eigenvalue weighted by Gasteiger charge is 2.17. The van der Waals surface area contributed by atoms with E-state index in [4.69, 9.17) is 0 Å². The summed E-state index contributed by atoms with van der Waals surface area (Å²) in [6, 6.07) is 13.8. The second-order valence-electron chi connectivity index (χ2n) is 5.61. The van der Waals surface area contributed by atoms with E-state index in [1.165, 1.54) is 23.0 Å². The Balaban J connectivity index is 1.85. The first kappa shape index (κ1) is 16.8. The number of aromatic nitrogens is 3. The Morgan fingerprint density at radius 3 is 2.44 bits per heavy atom. The van der Waals surface area contributed by atoms with Crippen LogP contribution in [0.25, 0.3) is 5.69 Å². The molecule has 0 spiro atoms. The average Bonchev–Trinajstić information content (AvgIpc) is 3.05. The molecule has 3 rings (SSSR count). The molecule has 1 N–H and O–H groups in total. The van der Waals surface area contributed by atoms with Gasteiger partial charge in [0.2, 0.25) is 0 Å². The van der Waals surface area contributed by atoms with Gasteiger partial charge in [-0.05, 0) is 31.2 Å². The van der Waals surface area contributed by atoms with Gasteiger partial charge >= 0.3 is 0 Å². The number of hydrogen-bond acceptors (Lipinski definition) is 5. The van der Waals surface area contributed by atoms with Gasteiger partial charge in [-0.15, -0.1) is 5.10 Å². The first-order chi connectivity index (χ1) is 11.8. The molecule has 0 fully saturated rings. The normalized spacial score (nSPS) is 11.3. The van der Waals surface area contributed by atoms with Gasteiger partial charge in [-0.1, -0.05) is 35.0 Å². The van der Waals surface area contributed by atoms with E-state index in [0.29, 0.717) is 0 Å². The number of carbonyl (C=O) groups excluding carboxylic acids is 1. The van der Waals surface area contributed by atoms with E-state index in [9.17, 15) is 13.2 Å². The number of hydrogen-bond donors (Lipinski definition) is 1. The van der Waals surface area contributed by atoms with Crippen molar-refractivity contribution >= 4 is 21.4 Å². The average molecular weight is 356 g/mol. The molecule has 2 aromatic carbocycles. The van der Waals surface area contributed by atoms with Crippen LogP contribution in [0.1, 0.15) is 16.1 Å². The van der Waals surface area contributed by atoms with Crippen LogP contribution in [0.15, 0.2) is 59.6 Å². The van der Waals surface area contributed by atoms with Crippen LogP contribution in [0.4, 0.5) is 5.69 Å². The number of sulfone groups is 1. The van der Waals surface area contributed by atoms with E-state index < -0.39 is 15.7 Å². The highest BCUT2D eigenvalue weighted by molar-refractivity contribution is 7.90. The molecular weight excluding hydrogens is 340 g/mol. The third-order valence-electron chi connectivity index (χ3n) is 3.56. The zero-order valence-corrected chi connectivity index (χ0v) is 14.5. The Hall–Kier alpha value is -3.00. The number of aryl methyl sites for hydroxylation is 1. The molecule has 0 saturated carbocycles. The monoisotopic (exact) mass is 356 g/mol. The number of benzene rings is 2. The van der Waals surface area contributed by atoms with Gasteiger partial charge in [-0.3, -0.25) is 4.79 Å². The van der Waals surface area contributed by atoms with Crippen molar-refractivity contribution in [2.45, 2.75) is 11.8 Å². The van der Waals surface area contributed by atoms with Crippen molar-refractivity contribution in [3.05, 3.63) is 66.0 Å². The second kappa shape index (κ2) is 6.48. The smallest absolute Gasteiger partial charge is 0.277 e. The predicted octanol–water partition coefficient (Wildman–Crippen LogP) is 2.23. The number of anilines is 1. The Morgan fingerprint density at radius 2 is 1.76 bits per heavy atom. The summed E-state index contributed by atoms with van der Waals surface area (Å²) in [6.07, 6.45) is 2.58. The van der Waals surface area contributed by atoms with Crippen molar-refractivity contribution in [1.29, 1.82) is 0 Å². The van der Waals surface area contributed by atoms with Gasteiger partial charge in [0.1, 0.15) is 0 Å². The molecule has 0 unspecified atom stereocenters. The lowest BCUT2D eigenvalue weighted by atomic mass is 10.2. The van der Waals surface area contributed by atoms with Crippen molar-refractivity contribution in [1.82, 2.24) is 15.0 Å². The zero-order valence-electron chi connectivity index (χ0n) is 13.7. The summed E-state index contributed by atoms with van der Waals surface area (Å²) in [4.78, 5) is 12.4. The van der Waals surface area contributed by atoms with Gasteiger partial charge in [0.15, 0.2) is 15.5 Å². The molecule has 0 atom stereocenters. The SMILES string of the molecule is Cc1ccc(-n2cc(C(=O)Nc3ccccc3S(C)(=O)=O)nn2)cc1. The van der Waals surface area contributed by atoms with Crippen LogP contribution in [0.2, 0.25) is 0 Å². The molecule has 7 nitrogen and oxygen atoms in total. The Bertz CT molecular complexity index is 1020. The molecule has 25 heavy (non-hydrogen) atoms. The standard InChI is InChI=1S/C17H16N4O3S/c1-12-7-9-13(10-8-12)21-11-15(19-20-21)17(22)18-14-5-3-4-6-16(14)25(2,23)24/h3-11H,1-2H3,(H,18,22). The topological polar surface area (TPSA) is 94.0 Å². The van der Waals surface area contributed by atoms with Crippen molar-refractivity contribution in [2.24, 2.45) is 0 Å². The highest BCUT2D eigenvalue weighted by atomic mass is 32.2. The van der Waals surface area contributed by atoms with Crippen LogP contribution in [0.5, 0.6) is 0 Å². The Kier molecular flexibility index (Phi) is 4.37. The minimum Gasteiger partial charge on any atom is -0.319 e. The van der Waals surface area contributed by atoms with Crippen molar-refractivity contribution in [3.8, 4) is 5.69 Å². The van der Waals surface area contributed by atoms with E-state index in [0.717, 1.165) is 17.5 Å². The fourth-order valence-corrected chi connectivity index (χ4v) is 3.12. The van der Waals surface area contributed by atoms with Gasteiger partial charge in [0.25, 0.3) is 5.91 Å². The minimum absolute atomic E-state index is 0.0503. The summed E-state index contributed by atoms with van der Waals surface area (Å²) in [5, 5.41) is 10.4. The molecule has 0 radical (unpaired) electrons. The number of para-hydroxylation sites is 1. The Labute approximate surface area is 145 Å². The van der Waals surface area contributed by atoms with Crippen LogP contribution in [0, 0.1) is 6.92 Å². The van der Waals surface area contributed by atoms with Crippen molar-refractivity contribution in [2.75, 3.05) is 11.6 Å². The summed E-state index contributed by atoms with van der Waals surface area (Å²) < 4.78 is 25.1. The predicted molar refractivity (Wildman–Crippen MR) is 93.6 cm³/mol. The van der Waals surface area contributed by atoms with Gasteiger partial charge < -0.3 is 5.32 Å². The molecule has 0 aliphatic carbocycles. The number of amides is 1. The van der Waals surface area contributed by atoms with Gasteiger partial charge in [0, 0.05) is 6.26 Å². The fraction of sp³-hybridized carbons (Fsp3) is 0.118. The molecule has 1 heterocycles. The number of carbonyl (C=O) groups is 1. The lowest BCUT2D eigenvalue weighted by molar-refractivity contribution is 0.102. The maximum absolute atomic E-state index is 12.4. The van der Waals surface area contributed by atoms with E-state index in [1.54, 1.807) is 12.1 Å². The molecular formula is C17H16N4O3S. The first-order valence-electron chi connectivity index (χ1n) is 7.44. The quantitative estimate of drug-likeness (QED) is 0.774. The summed E-state index contributed by atoms with van der Waals surface area (Å²) in [6.45, 7) is 1.98. The van der Waals surface area contributed by atoms with E-state index >= 15 is 0 Å². The molecule has 1 amide bonds. The van der Waals surface area contributed by atoms with Gasteiger partial charge in [0.05, 0.1) is 22.5 Å². The van der Waals surface area contributed by atoms with Gasteiger partial charge in [-0.2, -0.15) is 0 Å². The van der Waals surface area contributed by atoms with Crippen LogP contribution in [-0.2, 0) is 9.84 Å². The maximum atomic E-state index is 12.4. The lowest BCUT2D eigenvalue weighted by Gasteiger charge is -2.08. The number of rotatable bonds is 4. The minimum atomic E-state index is -3.46. The molecule has 0 saturated heterocycles. The summed E-state index contributed by atoms with van der Waals surface area (Å²) in [7, 11) is -3.46.